The molecule has 0 aromatic rings. The number of halogens is 2. The molecule has 0 spiro atoms. The number of alkyl halides is 2. The molecule has 20 heavy (non-hydrogen) atoms. The van der Waals surface area contributed by atoms with Crippen molar-refractivity contribution in [3.05, 3.63) is 0 Å². The molecule has 1 saturated carbocycles. The summed E-state index contributed by atoms with van der Waals surface area (Å²) in [6, 6.07) is 0. The van der Waals surface area contributed by atoms with Gasteiger partial charge in [-0.2, -0.15) is 0 Å². The summed E-state index contributed by atoms with van der Waals surface area (Å²) >= 11 is 5.40. The van der Waals surface area contributed by atoms with E-state index in [2.05, 4.69) is 121 Å². The van der Waals surface area contributed by atoms with Crippen molar-refractivity contribution in [3.63, 3.8) is 0 Å². The Balaban J connectivity index is 3.79. The second-order valence-corrected chi connectivity index (χ2v) is 13.4. The zero-order valence-electron chi connectivity index (χ0n) is 15.3. The molecule has 0 aromatic heterocycles. The number of rotatable bonds is 2. The largest absolute Gasteiger partial charge is 0.0823 e. The summed E-state index contributed by atoms with van der Waals surface area (Å²) in [6.45, 7) is 27.4. The van der Waals surface area contributed by atoms with E-state index in [0.717, 1.165) is 0 Å². The van der Waals surface area contributed by atoms with Crippen molar-refractivity contribution in [1.82, 2.24) is 0 Å². The second kappa shape index (κ2) is 4.73. The summed E-state index contributed by atoms with van der Waals surface area (Å²) in [5, 5.41) is 0. The van der Waals surface area contributed by atoms with Gasteiger partial charge in [0.25, 0.3) is 0 Å². The fourth-order valence-corrected chi connectivity index (χ4v) is 7.09. The number of hydrogen-bond acceptors (Lipinski definition) is 0. The molecule has 1 rings (SSSR count). The van der Waals surface area contributed by atoms with Crippen LogP contribution >= 0.6 is 45.2 Å². The van der Waals surface area contributed by atoms with Crippen LogP contribution in [0.5, 0.6) is 0 Å². The van der Waals surface area contributed by atoms with Gasteiger partial charge in [0.15, 0.2) is 0 Å². The van der Waals surface area contributed by atoms with Gasteiger partial charge in [-0.25, -0.2) is 0 Å². The van der Waals surface area contributed by atoms with Crippen LogP contribution in [0.1, 0.15) is 76.2 Å². The third kappa shape index (κ3) is 1.76. The van der Waals surface area contributed by atoms with Crippen LogP contribution < -0.4 is 0 Å². The fraction of sp³-hybridized carbons (Fsp3) is 1.00. The van der Waals surface area contributed by atoms with E-state index in [1.807, 2.05) is 0 Å². The third-order valence-electron chi connectivity index (χ3n) is 8.69. The molecule has 0 nitrogen and oxygen atoms in total. The fourth-order valence-electron chi connectivity index (χ4n) is 5.25. The molecular weight excluding hydrogens is 470 g/mol. The maximum Gasteiger partial charge on any atom is 0.0306 e. The van der Waals surface area contributed by atoms with E-state index >= 15 is 0 Å². The monoisotopic (exact) mass is 504 g/mol. The van der Waals surface area contributed by atoms with E-state index in [9.17, 15) is 0 Å². The van der Waals surface area contributed by atoms with Gasteiger partial charge < -0.3 is 0 Å². The zero-order valence-corrected chi connectivity index (χ0v) is 19.6. The van der Waals surface area contributed by atoms with Crippen molar-refractivity contribution in [2.24, 2.45) is 27.1 Å². The van der Waals surface area contributed by atoms with Gasteiger partial charge in [0.1, 0.15) is 0 Å². The highest BCUT2D eigenvalue weighted by molar-refractivity contribution is 14.1. The number of hydrogen-bond donors (Lipinski definition) is 0. The molecule has 3 atom stereocenters. The maximum atomic E-state index is 2.76. The Labute approximate surface area is 154 Å². The standard InChI is InChI=1S/C18H34I2/c1-12(19)13(2,3)17(10)14(4,5)15(6,7)18(11,20)16(17,8)9/h12H,1-11H3. The molecule has 1 aliphatic rings. The first-order chi connectivity index (χ1) is 8.44. The molecule has 0 N–H and O–H groups in total. The van der Waals surface area contributed by atoms with Crippen molar-refractivity contribution in [2.45, 2.75) is 83.5 Å². The zero-order chi connectivity index (χ0) is 16.6. The average Bonchev–Trinajstić information content (AvgIpc) is 2.29. The molecule has 0 saturated heterocycles. The molecule has 0 aromatic carbocycles. The van der Waals surface area contributed by atoms with Gasteiger partial charge in [-0.1, -0.05) is 114 Å². The first-order valence-corrected chi connectivity index (χ1v) is 10.1. The van der Waals surface area contributed by atoms with Crippen molar-refractivity contribution in [2.75, 3.05) is 0 Å². The normalized spacial score (nSPS) is 40.6. The summed E-state index contributed by atoms with van der Waals surface area (Å²) in [6.07, 6.45) is 0. The van der Waals surface area contributed by atoms with Crippen LogP contribution in [-0.2, 0) is 0 Å². The van der Waals surface area contributed by atoms with Crippen LogP contribution in [-0.4, -0.2) is 7.35 Å². The van der Waals surface area contributed by atoms with Crippen molar-refractivity contribution < 1.29 is 0 Å². The minimum Gasteiger partial charge on any atom is -0.0823 e. The minimum absolute atomic E-state index is 0.257. The quantitative estimate of drug-likeness (QED) is 0.277. The maximum absolute atomic E-state index is 2.76. The summed E-state index contributed by atoms with van der Waals surface area (Å²) in [5.74, 6) is 0. The minimum atomic E-state index is 0.257. The molecule has 3 unspecified atom stereocenters. The molecular formula is C18H34I2. The Morgan fingerprint density at radius 1 is 0.750 bits per heavy atom. The molecule has 1 aliphatic carbocycles. The molecule has 0 aliphatic heterocycles. The smallest absolute Gasteiger partial charge is 0.0306 e. The topological polar surface area (TPSA) is 0 Å². The summed E-state index contributed by atoms with van der Waals surface area (Å²) in [7, 11) is 0. The molecule has 0 amide bonds. The van der Waals surface area contributed by atoms with Crippen LogP contribution in [0, 0.1) is 27.1 Å². The molecule has 1 fully saturated rings. The van der Waals surface area contributed by atoms with E-state index in [4.69, 9.17) is 0 Å². The van der Waals surface area contributed by atoms with Crippen molar-refractivity contribution in [1.29, 1.82) is 0 Å². The Morgan fingerprint density at radius 3 is 1.30 bits per heavy atom. The van der Waals surface area contributed by atoms with Gasteiger partial charge in [-0.05, 0) is 34.0 Å². The Kier molecular flexibility index (Phi) is 4.62. The lowest BCUT2D eigenvalue weighted by Crippen LogP contribution is -2.56. The van der Waals surface area contributed by atoms with Crippen LogP contribution in [0.4, 0.5) is 0 Å². The van der Waals surface area contributed by atoms with Crippen LogP contribution in [0.2, 0.25) is 0 Å². The first-order valence-electron chi connectivity index (χ1n) is 7.77. The lowest BCUT2D eigenvalue weighted by atomic mass is 9.46. The van der Waals surface area contributed by atoms with E-state index < -0.39 is 0 Å². The second-order valence-electron chi connectivity index (χ2n) is 9.34. The van der Waals surface area contributed by atoms with Crippen LogP contribution in [0.15, 0.2) is 0 Å². The predicted molar refractivity (Wildman–Crippen MR) is 109 cm³/mol. The SMILES string of the molecule is CC(I)C(C)(C)C1(C)C(C)(C)C(C)(C)C(C)(I)C1(C)C. The molecule has 0 bridgehead atoms. The summed E-state index contributed by atoms with van der Waals surface area (Å²) < 4.78 is 0.906. The summed E-state index contributed by atoms with van der Waals surface area (Å²) in [4.78, 5) is 0. The Morgan fingerprint density at radius 2 is 1.10 bits per heavy atom. The van der Waals surface area contributed by atoms with Crippen LogP contribution in [0.25, 0.3) is 0 Å². The molecule has 0 radical (unpaired) electrons. The Bertz CT molecular complexity index is 372. The predicted octanol–water partition coefficient (Wildman–Crippen LogP) is 7.13. The first kappa shape index (κ1) is 19.5. The molecule has 0 heterocycles. The average molecular weight is 504 g/mol. The van der Waals surface area contributed by atoms with Crippen molar-refractivity contribution in [3.8, 4) is 0 Å². The molecule has 120 valence electrons. The van der Waals surface area contributed by atoms with Gasteiger partial charge in [-0.15, -0.1) is 0 Å². The van der Waals surface area contributed by atoms with Gasteiger partial charge >= 0.3 is 0 Å². The van der Waals surface area contributed by atoms with E-state index in [0.29, 0.717) is 3.92 Å². The lowest BCUT2D eigenvalue weighted by molar-refractivity contribution is -0.100. The van der Waals surface area contributed by atoms with Gasteiger partial charge in [-0.3, -0.25) is 0 Å². The van der Waals surface area contributed by atoms with E-state index in [-0.39, 0.29) is 30.5 Å². The van der Waals surface area contributed by atoms with Gasteiger partial charge in [0.05, 0.1) is 0 Å². The van der Waals surface area contributed by atoms with Crippen LogP contribution in [0.3, 0.4) is 0 Å². The Hall–Kier alpha value is 1.46. The van der Waals surface area contributed by atoms with Gasteiger partial charge in [0.2, 0.25) is 0 Å². The third-order valence-corrected chi connectivity index (χ3v) is 12.9. The van der Waals surface area contributed by atoms with E-state index in [1.165, 1.54) is 0 Å². The molecule has 2 heteroatoms. The highest BCUT2D eigenvalue weighted by atomic mass is 127. The lowest BCUT2D eigenvalue weighted by Gasteiger charge is -2.60. The summed E-state index contributed by atoms with van der Waals surface area (Å²) in [5.41, 5.74) is 1.34. The van der Waals surface area contributed by atoms with E-state index in [1.54, 1.807) is 0 Å². The van der Waals surface area contributed by atoms with Crippen molar-refractivity contribution >= 4 is 45.2 Å². The van der Waals surface area contributed by atoms with Gasteiger partial charge in [0, 0.05) is 7.35 Å². The highest BCUT2D eigenvalue weighted by Crippen LogP contribution is 2.81. The highest BCUT2D eigenvalue weighted by Gasteiger charge is 2.77.